The molecular formula is C10H11ClN2OS. The third-order valence-electron chi connectivity index (χ3n) is 1.84. The van der Waals surface area contributed by atoms with E-state index in [1.807, 2.05) is 0 Å². The largest absolute Gasteiger partial charge is 0.391 e. The summed E-state index contributed by atoms with van der Waals surface area (Å²) >= 11 is 10.6. The first-order valence-electron chi connectivity index (χ1n) is 4.32. The van der Waals surface area contributed by atoms with Gasteiger partial charge in [0.1, 0.15) is 11.0 Å². The van der Waals surface area contributed by atoms with Crippen molar-refractivity contribution in [2.24, 2.45) is 5.73 Å². The number of benzene rings is 1. The van der Waals surface area contributed by atoms with Gasteiger partial charge in [0.2, 0.25) is 5.91 Å². The summed E-state index contributed by atoms with van der Waals surface area (Å²) in [7, 11) is 0. The van der Waals surface area contributed by atoms with Gasteiger partial charge in [0.05, 0.1) is 0 Å². The number of hydrogen-bond acceptors (Lipinski definition) is 2. The summed E-state index contributed by atoms with van der Waals surface area (Å²) in [5.41, 5.74) is 6.36. The van der Waals surface area contributed by atoms with Gasteiger partial charge >= 0.3 is 0 Å². The van der Waals surface area contributed by atoms with Crippen molar-refractivity contribution in [2.75, 3.05) is 0 Å². The summed E-state index contributed by atoms with van der Waals surface area (Å²) in [6, 6.07) is 6.58. The molecule has 1 aromatic rings. The van der Waals surface area contributed by atoms with E-state index in [1.165, 1.54) is 6.92 Å². The summed E-state index contributed by atoms with van der Waals surface area (Å²) in [4.78, 5) is 11.2. The Hall–Kier alpha value is -1.13. The topological polar surface area (TPSA) is 55.1 Å². The minimum absolute atomic E-state index is 0.178. The van der Waals surface area contributed by atoms with E-state index in [-0.39, 0.29) is 10.9 Å². The van der Waals surface area contributed by atoms with Gasteiger partial charge in [0.25, 0.3) is 0 Å². The predicted octanol–water partition coefficient (Wildman–Crippen LogP) is 1.80. The highest BCUT2D eigenvalue weighted by Gasteiger charge is 2.14. The van der Waals surface area contributed by atoms with Crippen LogP contribution in [0.4, 0.5) is 0 Å². The standard InChI is InChI=1S/C10H11ClN2OS/c1-6(14)13-9(10(12)15)7-2-4-8(11)5-3-7/h2-5,9H,1H3,(H2,12,15)(H,13,14). The Bertz CT molecular complexity index is 378. The fraction of sp³-hybridized carbons (Fsp3) is 0.200. The number of rotatable bonds is 3. The first-order valence-corrected chi connectivity index (χ1v) is 5.11. The third kappa shape index (κ3) is 3.49. The van der Waals surface area contributed by atoms with Crippen LogP contribution in [0.3, 0.4) is 0 Å². The highest BCUT2D eigenvalue weighted by Crippen LogP contribution is 2.16. The zero-order valence-corrected chi connectivity index (χ0v) is 9.73. The molecule has 0 aliphatic carbocycles. The van der Waals surface area contributed by atoms with E-state index >= 15 is 0 Å². The predicted molar refractivity (Wildman–Crippen MR) is 64.8 cm³/mol. The average Bonchev–Trinajstić information content (AvgIpc) is 2.15. The molecule has 15 heavy (non-hydrogen) atoms. The molecule has 0 radical (unpaired) electrons. The SMILES string of the molecule is CC(=O)NC(C(N)=S)c1ccc(Cl)cc1. The van der Waals surface area contributed by atoms with E-state index in [2.05, 4.69) is 5.32 Å². The molecule has 0 saturated heterocycles. The van der Waals surface area contributed by atoms with Crippen molar-refractivity contribution in [3.8, 4) is 0 Å². The number of carbonyl (C=O) groups excluding carboxylic acids is 1. The highest BCUT2D eigenvalue weighted by molar-refractivity contribution is 7.80. The molecule has 80 valence electrons. The molecule has 0 heterocycles. The maximum absolute atomic E-state index is 10.9. The van der Waals surface area contributed by atoms with E-state index in [9.17, 15) is 4.79 Å². The monoisotopic (exact) mass is 242 g/mol. The number of carbonyl (C=O) groups is 1. The maximum Gasteiger partial charge on any atom is 0.217 e. The van der Waals surface area contributed by atoms with Gasteiger partial charge in [-0.2, -0.15) is 0 Å². The van der Waals surface area contributed by atoms with Gasteiger partial charge in [0.15, 0.2) is 0 Å². The highest BCUT2D eigenvalue weighted by atomic mass is 35.5. The molecule has 0 fully saturated rings. The summed E-state index contributed by atoms with van der Waals surface area (Å²) < 4.78 is 0. The van der Waals surface area contributed by atoms with E-state index in [1.54, 1.807) is 24.3 Å². The average molecular weight is 243 g/mol. The Morgan fingerprint density at radius 1 is 1.47 bits per heavy atom. The number of hydrogen-bond donors (Lipinski definition) is 2. The van der Waals surface area contributed by atoms with Crippen molar-refractivity contribution in [1.29, 1.82) is 0 Å². The number of halogens is 1. The van der Waals surface area contributed by atoms with Crippen molar-refractivity contribution in [3.63, 3.8) is 0 Å². The molecule has 1 aromatic carbocycles. The Kier molecular flexibility index (Phi) is 4.05. The second-order valence-electron chi connectivity index (χ2n) is 3.09. The lowest BCUT2D eigenvalue weighted by Gasteiger charge is -2.16. The second kappa shape index (κ2) is 5.09. The van der Waals surface area contributed by atoms with Gasteiger partial charge < -0.3 is 11.1 Å². The van der Waals surface area contributed by atoms with Crippen LogP contribution < -0.4 is 11.1 Å². The molecule has 0 saturated carbocycles. The quantitative estimate of drug-likeness (QED) is 0.795. The van der Waals surface area contributed by atoms with Crippen molar-refractivity contribution in [2.45, 2.75) is 13.0 Å². The molecule has 1 rings (SSSR count). The molecule has 0 aliphatic heterocycles. The lowest BCUT2D eigenvalue weighted by molar-refractivity contribution is -0.119. The molecule has 0 bridgehead atoms. The molecule has 0 spiro atoms. The Morgan fingerprint density at radius 2 is 2.00 bits per heavy atom. The summed E-state index contributed by atoms with van der Waals surface area (Å²) in [5, 5.41) is 3.29. The molecule has 1 amide bonds. The lowest BCUT2D eigenvalue weighted by Crippen LogP contribution is -2.35. The Labute approximate surface area is 98.6 Å². The van der Waals surface area contributed by atoms with Crippen LogP contribution in [0.5, 0.6) is 0 Å². The normalized spacial score (nSPS) is 11.9. The number of amides is 1. The van der Waals surface area contributed by atoms with Gasteiger partial charge in [-0.15, -0.1) is 0 Å². The van der Waals surface area contributed by atoms with Gasteiger partial charge in [0, 0.05) is 11.9 Å². The van der Waals surface area contributed by atoms with Gasteiger partial charge in [-0.3, -0.25) is 4.79 Å². The van der Waals surface area contributed by atoms with Crippen LogP contribution in [0.25, 0.3) is 0 Å². The zero-order valence-electron chi connectivity index (χ0n) is 8.16. The fourth-order valence-corrected chi connectivity index (χ4v) is 1.50. The minimum atomic E-state index is -0.435. The van der Waals surface area contributed by atoms with Crippen LogP contribution in [0.1, 0.15) is 18.5 Å². The molecule has 5 heteroatoms. The summed E-state index contributed by atoms with van der Waals surface area (Å²) in [6.45, 7) is 1.42. The molecule has 1 atom stereocenters. The van der Waals surface area contributed by atoms with Crippen molar-refractivity contribution >= 4 is 34.7 Å². The Balaban J connectivity index is 2.94. The van der Waals surface area contributed by atoms with E-state index < -0.39 is 6.04 Å². The molecule has 0 aliphatic rings. The van der Waals surface area contributed by atoms with Crippen LogP contribution >= 0.6 is 23.8 Å². The van der Waals surface area contributed by atoms with Gasteiger partial charge in [-0.1, -0.05) is 36.0 Å². The number of nitrogens with one attached hydrogen (secondary N) is 1. The van der Waals surface area contributed by atoms with Gasteiger partial charge in [-0.25, -0.2) is 0 Å². The van der Waals surface area contributed by atoms with Crippen LogP contribution in [0.2, 0.25) is 5.02 Å². The smallest absolute Gasteiger partial charge is 0.217 e. The van der Waals surface area contributed by atoms with Crippen molar-refractivity contribution in [1.82, 2.24) is 5.32 Å². The van der Waals surface area contributed by atoms with Crippen molar-refractivity contribution < 1.29 is 4.79 Å². The van der Waals surface area contributed by atoms with Crippen LogP contribution in [0.15, 0.2) is 24.3 Å². The molecule has 1 unspecified atom stereocenters. The summed E-state index contributed by atoms with van der Waals surface area (Å²) in [6.07, 6.45) is 0. The van der Waals surface area contributed by atoms with Crippen LogP contribution in [-0.4, -0.2) is 10.9 Å². The molecule has 3 N–H and O–H groups in total. The third-order valence-corrected chi connectivity index (χ3v) is 2.32. The van der Waals surface area contributed by atoms with Crippen molar-refractivity contribution in [3.05, 3.63) is 34.9 Å². The molecule has 3 nitrogen and oxygen atoms in total. The molecule has 0 aromatic heterocycles. The number of nitrogens with two attached hydrogens (primary N) is 1. The van der Waals surface area contributed by atoms with E-state index in [4.69, 9.17) is 29.6 Å². The van der Waals surface area contributed by atoms with Crippen LogP contribution in [-0.2, 0) is 4.79 Å². The van der Waals surface area contributed by atoms with E-state index in [0.717, 1.165) is 5.56 Å². The number of thiocarbonyl (C=S) groups is 1. The Morgan fingerprint density at radius 3 is 2.40 bits per heavy atom. The lowest BCUT2D eigenvalue weighted by atomic mass is 10.1. The van der Waals surface area contributed by atoms with E-state index in [0.29, 0.717) is 5.02 Å². The fourth-order valence-electron chi connectivity index (χ4n) is 1.18. The maximum atomic E-state index is 10.9. The van der Waals surface area contributed by atoms with Gasteiger partial charge in [-0.05, 0) is 17.7 Å². The summed E-state index contributed by atoms with van der Waals surface area (Å²) in [5.74, 6) is -0.178. The zero-order chi connectivity index (χ0) is 11.4. The minimum Gasteiger partial charge on any atom is -0.391 e. The van der Waals surface area contributed by atoms with Crippen LogP contribution in [0, 0.1) is 0 Å². The first kappa shape index (κ1) is 11.9. The second-order valence-corrected chi connectivity index (χ2v) is 4.00. The molecular weight excluding hydrogens is 232 g/mol. The first-order chi connectivity index (χ1) is 7.00.